The molecule has 0 fully saturated rings. The zero-order valence-electron chi connectivity index (χ0n) is 15.0. The van der Waals surface area contributed by atoms with Crippen LogP contribution in [-0.4, -0.2) is 24.4 Å². The normalized spacial score (nSPS) is 12.3. The number of likely N-dealkylation sites (N-methyl/N-ethyl adjacent to an activating group) is 1. The summed E-state index contributed by atoms with van der Waals surface area (Å²) in [4.78, 5) is 14.3. The summed E-state index contributed by atoms with van der Waals surface area (Å²) >= 11 is 0. The van der Waals surface area contributed by atoms with Crippen LogP contribution in [-0.2, 0) is 4.79 Å². The van der Waals surface area contributed by atoms with E-state index in [1.807, 2.05) is 39.6 Å². The Morgan fingerprint density at radius 3 is 2.21 bits per heavy atom. The monoisotopic (exact) mass is 328 g/mol. The topological polar surface area (TPSA) is 32.3 Å². The Kier molecular flexibility index (Phi) is 5.73. The summed E-state index contributed by atoms with van der Waals surface area (Å²) in [6.07, 6.45) is 0. The maximum absolute atomic E-state index is 13.0. The van der Waals surface area contributed by atoms with Crippen LogP contribution >= 0.6 is 0 Å². The lowest BCUT2D eigenvalue weighted by molar-refractivity contribution is -0.117. The Bertz CT molecular complexity index is 702. The molecule has 1 unspecified atom stereocenters. The van der Waals surface area contributed by atoms with E-state index in [1.165, 1.54) is 17.7 Å². The van der Waals surface area contributed by atoms with Crippen LogP contribution in [0.3, 0.4) is 0 Å². The molecule has 0 aromatic heterocycles. The van der Waals surface area contributed by atoms with Gasteiger partial charge in [0.05, 0.1) is 6.54 Å². The molecule has 1 atom stereocenters. The van der Waals surface area contributed by atoms with Gasteiger partial charge in [-0.15, -0.1) is 0 Å². The lowest BCUT2D eigenvalue weighted by Gasteiger charge is -2.25. The van der Waals surface area contributed by atoms with Crippen molar-refractivity contribution in [3.05, 3.63) is 64.5 Å². The number of carbonyl (C=O) groups excluding carboxylic acids is 1. The van der Waals surface area contributed by atoms with Crippen LogP contribution < -0.4 is 5.32 Å². The Hall–Kier alpha value is -2.20. The van der Waals surface area contributed by atoms with Crippen LogP contribution in [0.25, 0.3) is 0 Å². The maximum Gasteiger partial charge on any atom is 0.238 e. The van der Waals surface area contributed by atoms with Crippen LogP contribution in [0.4, 0.5) is 10.1 Å². The molecule has 2 aromatic rings. The number of benzene rings is 2. The molecule has 0 bridgehead atoms. The fourth-order valence-corrected chi connectivity index (χ4v) is 2.92. The van der Waals surface area contributed by atoms with Gasteiger partial charge in [0.25, 0.3) is 0 Å². The Balaban J connectivity index is 2.03. The fourth-order valence-electron chi connectivity index (χ4n) is 2.92. The molecular formula is C20H25FN2O. The molecule has 24 heavy (non-hydrogen) atoms. The van der Waals surface area contributed by atoms with E-state index in [9.17, 15) is 9.18 Å². The molecule has 0 aliphatic rings. The lowest BCUT2D eigenvalue weighted by Crippen LogP contribution is -2.32. The second-order valence-electron chi connectivity index (χ2n) is 6.46. The van der Waals surface area contributed by atoms with Gasteiger partial charge in [-0.2, -0.15) is 0 Å². The number of nitrogens with one attached hydrogen (secondary N) is 1. The molecule has 2 aromatic carbocycles. The first-order valence-electron chi connectivity index (χ1n) is 8.11. The third kappa shape index (κ3) is 4.42. The first-order valence-corrected chi connectivity index (χ1v) is 8.11. The van der Waals surface area contributed by atoms with Gasteiger partial charge in [0.1, 0.15) is 5.82 Å². The number of halogens is 1. The predicted octanol–water partition coefficient (Wildman–Crippen LogP) is 4.38. The number of carbonyl (C=O) groups is 1. The molecule has 0 saturated carbocycles. The minimum Gasteiger partial charge on any atom is -0.324 e. The third-order valence-corrected chi connectivity index (χ3v) is 4.35. The van der Waals surface area contributed by atoms with Gasteiger partial charge in [-0.1, -0.05) is 29.8 Å². The van der Waals surface area contributed by atoms with Crippen molar-refractivity contribution in [1.29, 1.82) is 0 Å². The Labute approximate surface area is 143 Å². The van der Waals surface area contributed by atoms with E-state index < -0.39 is 0 Å². The number of anilines is 1. The van der Waals surface area contributed by atoms with E-state index in [0.29, 0.717) is 0 Å². The lowest BCUT2D eigenvalue weighted by atomic mass is 10.0. The first-order chi connectivity index (χ1) is 11.3. The highest BCUT2D eigenvalue weighted by Crippen LogP contribution is 2.23. The van der Waals surface area contributed by atoms with E-state index in [-0.39, 0.29) is 24.3 Å². The SMILES string of the molecule is Cc1cc(C)c(NC(=O)CN(C)C(C)c2ccc(F)cc2)c(C)c1. The number of nitrogens with zero attached hydrogens (tertiary/aromatic N) is 1. The second-order valence-corrected chi connectivity index (χ2v) is 6.46. The predicted molar refractivity (Wildman–Crippen MR) is 96.7 cm³/mol. The summed E-state index contributed by atoms with van der Waals surface area (Å²) in [7, 11) is 1.89. The number of hydrogen-bond acceptors (Lipinski definition) is 2. The summed E-state index contributed by atoms with van der Waals surface area (Å²) in [6.45, 7) is 8.32. The highest BCUT2D eigenvalue weighted by molar-refractivity contribution is 5.93. The smallest absolute Gasteiger partial charge is 0.238 e. The van der Waals surface area contributed by atoms with Crippen LogP contribution in [0.5, 0.6) is 0 Å². The maximum atomic E-state index is 13.0. The minimum absolute atomic E-state index is 0.0246. The summed E-state index contributed by atoms with van der Waals surface area (Å²) in [5.74, 6) is -0.307. The summed E-state index contributed by atoms with van der Waals surface area (Å²) in [5, 5.41) is 3.01. The van der Waals surface area contributed by atoms with E-state index in [2.05, 4.69) is 17.4 Å². The fraction of sp³-hybridized carbons (Fsp3) is 0.350. The van der Waals surface area contributed by atoms with Gasteiger partial charge < -0.3 is 5.32 Å². The molecule has 3 nitrogen and oxygen atoms in total. The Morgan fingerprint density at radius 2 is 1.67 bits per heavy atom. The summed E-state index contributed by atoms with van der Waals surface area (Å²) < 4.78 is 13.0. The van der Waals surface area contributed by atoms with Crippen molar-refractivity contribution >= 4 is 11.6 Å². The van der Waals surface area contributed by atoms with Crippen LogP contribution in [0.1, 0.15) is 35.2 Å². The zero-order chi connectivity index (χ0) is 17.9. The van der Waals surface area contributed by atoms with Gasteiger partial charge in [0.15, 0.2) is 0 Å². The molecule has 0 spiro atoms. The quantitative estimate of drug-likeness (QED) is 0.883. The molecule has 0 radical (unpaired) electrons. The number of hydrogen-bond donors (Lipinski definition) is 1. The van der Waals surface area contributed by atoms with Gasteiger partial charge in [-0.05, 0) is 63.6 Å². The van der Waals surface area contributed by atoms with E-state index in [1.54, 1.807) is 12.1 Å². The van der Waals surface area contributed by atoms with Gasteiger partial charge in [-0.25, -0.2) is 4.39 Å². The second kappa shape index (κ2) is 7.58. The molecule has 1 N–H and O–H groups in total. The molecule has 128 valence electrons. The molecular weight excluding hydrogens is 303 g/mol. The van der Waals surface area contributed by atoms with Gasteiger partial charge in [-0.3, -0.25) is 9.69 Å². The highest BCUT2D eigenvalue weighted by atomic mass is 19.1. The van der Waals surface area contributed by atoms with Crippen molar-refractivity contribution in [2.75, 3.05) is 18.9 Å². The molecule has 0 aliphatic carbocycles. The first kappa shape index (κ1) is 18.1. The van der Waals surface area contributed by atoms with E-state index >= 15 is 0 Å². The highest BCUT2D eigenvalue weighted by Gasteiger charge is 2.16. The Morgan fingerprint density at radius 1 is 1.12 bits per heavy atom. The van der Waals surface area contributed by atoms with Crippen molar-refractivity contribution in [1.82, 2.24) is 4.90 Å². The van der Waals surface area contributed by atoms with E-state index in [0.717, 1.165) is 22.4 Å². The largest absolute Gasteiger partial charge is 0.324 e. The molecule has 0 aliphatic heterocycles. The molecule has 0 heterocycles. The molecule has 0 saturated heterocycles. The van der Waals surface area contributed by atoms with Crippen molar-refractivity contribution in [3.63, 3.8) is 0 Å². The van der Waals surface area contributed by atoms with Gasteiger partial charge >= 0.3 is 0 Å². The van der Waals surface area contributed by atoms with Gasteiger partial charge in [0, 0.05) is 11.7 Å². The zero-order valence-corrected chi connectivity index (χ0v) is 15.0. The van der Waals surface area contributed by atoms with E-state index in [4.69, 9.17) is 0 Å². The molecule has 1 amide bonds. The van der Waals surface area contributed by atoms with Crippen molar-refractivity contribution < 1.29 is 9.18 Å². The van der Waals surface area contributed by atoms with Crippen molar-refractivity contribution in [2.45, 2.75) is 33.7 Å². The average molecular weight is 328 g/mol. The number of amides is 1. The van der Waals surface area contributed by atoms with Crippen LogP contribution in [0.15, 0.2) is 36.4 Å². The average Bonchev–Trinajstić information content (AvgIpc) is 2.50. The van der Waals surface area contributed by atoms with Crippen LogP contribution in [0.2, 0.25) is 0 Å². The summed E-state index contributed by atoms with van der Waals surface area (Å²) in [6, 6.07) is 10.5. The van der Waals surface area contributed by atoms with Crippen LogP contribution in [0, 0.1) is 26.6 Å². The van der Waals surface area contributed by atoms with Crippen molar-refractivity contribution in [2.24, 2.45) is 0 Å². The minimum atomic E-state index is -0.253. The number of aryl methyl sites for hydroxylation is 3. The standard InChI is InChI=1S/C20H25FN2O/c1-13-10-14(2)20(15(3)11-13)22-19(24)12-23(5)16(4)17-6-8-18(21)9-7-17/h6-11,16H,12H2,1-5H3,(H,22,24). The third-order valence-electron chi connectivity index (χ3n) is 4.35. The van der Waals surface area contributed by atoms with Gasteiger partial charge in [0.2, 0.25) is 5.91 Å². The molecule has 4 heteroatoms. The number of rotatable bonds is 5. The molecule has 2 rings (SSSR count). The summed E-state index contributed by atoms with van der Waals surface area (Å²) in [5.41, 5.74) is 5.18. The van der Waals surface area contributed by atoms with Crippen molar-refractivity contribution in [3.8, 4) is 0 Å².